The highest BCUT2D eigenvalue weighted by molar-refractivity contribution is 5.91. The zero-order chi connectivity index (χ0) is 21.7. The largest absolute Gasteiger partial charge is 0.461 e. The molecular weight excluding hydrogens is 404 g/mol. The van der Waals surface area contributed by atoms with Gasteiger partial charge in [-0.25, -0.2) is 9.78 Å². The van der Waals surface area contributed by atoms with E-state index in [4.69, 9.17) is 10.2 Å². The molecule has 1 amide bonds. The van der Waals surface area contributed by atoms with Gasteiger partial charge in [0.15, 0.2) is 17.1 Å². The standard InChI is InChI=1S/C18H18N10O3/c1-20-16(29)10-5-6-26(23-10)7-8-27-14-12(25(2)18(27)30)15-21-13(11-4-3-9-31-11)24-28(15)17(19)22-14/h3-6,9H,7-8H2,1-2H3,(H2,19,22)(H,20,29). The Kier molecular flexibility index (Phi) is 4.10. The number of nitrogen functional groups attached to an aromatic ring is 1. The van der Waals surface area contributed by atoms with Crippen molar-refractivity contribution in [3.63, 3.8) is 0 Å². The number of aromatic nitrogens is 8. The molecule has 0 aliphatic heterocycles. The molecule has 0 fully saturated rings. The summed E-state index contributed by atoms with van der Waals surface area (Å²) in [6.45, 7) is 0.625. The molecule has 5 aromatic rings. The smallest absolute Gasteiger partial charge is 0.330 e. The van der Waals surface area contributed by atoms with Crippen LogP contribution in [0.2, 0.25) is 0 Å². The lowest BCUT2D eigenvalue weighted by Crippen LogP contribution is -2.24. The van der Waals surface area contributed by atoms with E-state index in [1.54, 1.807) is 36.1 Å². The fourth-order valence-electron chi connectivity index (χ4n) is 3.44. The lowest BCUT2D eigenvalue weighted by molar-refractivity contribution is 0.0957. The first-order chi connectivity index (χ1) is 15.0. The highest BCUT2D eigenvalue weighted by Crippen LogP contribution is 2.23. The molecule has 5 rings (SSSR count). The minimum absolute atomic E-state index is 0.0909. The first kappa shape index (κ1) is 18.6. The second-order valence-electron chi connectivity index (χ2n) is 6.83. The molecule has 0 bridgehead atoms. The lowest BCUT2D eigenvalue weighted by atomic mass is 10.4. The van der Waals surface area contributed by atoms with Gasteiger partial charge in [0, 0.05) is 26.8 Å². The van der Waals surface area contributed by atoms with Crippen molar-refractivity contribution < 1.29 is 9.21 Å². The van der Waals surface area contributed by atoms with Crippen molar-refractivity contribution >= 4 is 28.7 Å². The molecule has 0 radical (unpaired) electrons. The summed E-state index contributed by atoms with van der Waals surface area (Å²) >= 11 is 0. The Morgan fingerprint density at radius 2 is 2.03 bits per heavy atom. The number of hydrogen-bond donors (Lipinski definition) is 2. The topological polar surface area (TPSA) is 156 Å². The molecule has 0 saturated heterocycles. The minimum Gasteiger partial charge on any atom is -0.461 e. The molecule has 31 heavy (non-hydrogen) atoms. The van der Waals surface area contributed by atoms with E-state index >= 15 is 0 Å². The zero-order valence-corrected chi connectivity index (χ0v) is 16.7. The highest BCUT2D eigenvalue weighted by Gasteiger charge is 2.21. The van der Waals surface area contributed by atoms with Crippen molar-refractivity contribution in [2.45, 2.75) is 13.1 Å². The summed E-state index contributed by atoms with van der Waals surface area (Å²) < 4.78 is 11.3. The second kappa shape index (κ2) is 6.83. The molecular formula is C18H18N10O3. The van der Waals surface area contributed by atoms with Crippen LogP contribution in [-0.4, -0.2) is 51.5 Å². The number of imidazole rings is 1. The molecule has 5 aromatic heterocycles. The zero-order valence-electron chi connectivity index (χ0n) is 16.7. The third kappa shape index (κ3) is 2.86. The Labute approximate surface area is 173 Å². The van der Waals surface area contributed by atoms with Gasteiger partial charge >= 0.3 is 5.69 Å². The van der Waals surface area contributed by atoms with E-state index in [-0.39, 0.29) is 24.1 Å². The normalized spacial score (nSPS) is 11.5. The Bertz CT molecular complexity index is 1480. The maximum Gasteiger partial charge on any atom is 0.330 e. The quantitative estimate of drug-likeness (QED) is 0.397. The van der Waals surface area contributed by atoms with Crippen LogP contribution in [0, 0.1) is 0 Å². The summed E-state index contributed by atoms with van der Waals surface area (Å²) in [5, 5.41) is 11.1. The van der Waals surface area contributed by atoms with Crippen LogP contribution in [0.25, 0.3) is 28.4 Å². The fraction of sp³-hybridized carbons (Fsp3) is 0.222. The summed E-state index contributed by atoms with van der Waals surface area (Å²) in [6, 6.07) is 5.07. The van der Waals surface area contributed by atoms with E-state index in [1.165, 1.54) is 27.0 Å². The number of nitrogens with zero attached hydrogens (tertiary/aromatic N) is 8. The van der Waals surface area contributed by atoms with Gasteiger partial charge in [-0.1, -0.05) is 0 Å². The number of amides is 1. The van der Waals surface area contributed by atoms with Gasteiger partial charge in [0.05, 0.1) is 12.8 Å². The maximum atomic E-state index is 12.9. The van der Waals surface area contributed by atoms with Crippen LogP contribution >= 0.6 is 0 Å². The van der Waals surface area contributed by atoms with E-state index in [1.807, 2.05) is 0 Å². The van der Waals surface area contributed by atoms with Gasteiger partial charge in [0.25, 0.3) is 5.91 Å². The average molecular weight is 422 g/mol. The molecule has 3 N–H and O–H groups in total. The number of nitrogens with two attached hydrogens (primary N) is 1. The van der Waals surface area contributed by atoms with Gasteiger partial charge in [-0.2, -0.15) is 14.6 Å². The number of nitrogens with one attached hydrogen (secondary N) is 1. The van der Waals surface area contributed by atoms with Gasteiger partial charge in [0.1, 0.15) is 11.2 Å². The molecule has 0 unspecified atom stereocenters. The average Bonchev–Trinajstić information content (AvgIpc) is 3.54. The lowest BCUT2D eigenvalue weighted by Gasteiger charge is -2.04. The van der Waals surface area contributed by atoms with Crippen LogP contribution in [0.1, 0.15) is 10.5 Å². The van der Waals surface area contributed by atoms with Crippen LogP contribution in [0.15, 0.2) is 39.9 Å². The molecule has 0 aromatic carbocycles. The van der Waals surface area contributed by atoms with E-state index in [0.29, 0.717) is 40.6 Å². The van der Waals surface area contributed by atoms with Gasteiger partial charge < -0.3 is 15.5 Å². The van der Waals surface area contributed by atoms with E-state index in [9.17, 15) is 9.59 Å². The Morgan fingerprint density at radius 3 is 2.77 bits per heavy atom. The molecule has 0 spiro atoms. The number of carbonyl (C=O) groups is 1. The van der Waals surface area contributed by atoms with Gasteiger partial charge in [0.2, 0.25) is 11.8 Å². The number of carbonyl (C=O) groups excluding carboxylic acids is 1. The first-order valence-electron chi connectivity index (χ1n) is 9.39. The fourth-order valence-corrected chi connectivity index (χ4v) is 3.44. The van der Waals surface area contributed by atoms with E-state index in [2.05, 4.69) is 25.5 Å². The van der Waals surface area contributed by atoms with Crippen LogP contribution in [0.4, 0.5) is 5.95 Å². The van der Waals surface area contributed by atoms with Gasteiger partial charge in [-0.05, 0) is 18.2 Å². The Balaban J connectivity index is 1.58. The summed E-state index contributed by atoms with van der Waals surface area (Å²) in [4.78, 5) is 33.5. The van der Waals surface area contributed by atoms with Gasteiger partial charge in [-0.15, -0.1) is 5.10 Å². The van der Waals surface area contributed by atoms with Crippen LogP contribution in [-0.2, 0) is 20.1 Å². The number of fused-ring (bicyclic) bond motifs is 3. The SMILES string of the molecule is CNC(=O)c1ccn(CCn2c(=O)n(C)c3c2nc(N)n2nc(-c4ccco4)nc32)n1. The first-order valence-corrected chi connectivity index (χ1v) is 9.39. The third-order valence-corrected chi connectivity index (χ3v) is 4.97. The van der Waals surface area contributed by atoms with Crippen molar-refractivity contribution in [2.75, 3.05) is 12.8 Å². The minimum atomic E-state index is -0.281. The number of hydrogen-bond acceptors (Lipinski definition) is 8. The molecule has 13 heteroatoms. The summed E-state index contributed by atoms with van der Waals surface area (Å²) in [6.07, 6.45) is 3.20. The predicted octanol–water partition coefficient (Wildman–Crippen LogP) is -0.124. The van der Waals surface area contributed by atoms with E-state index in [0.717, 1.165) is 0 Å². The summed E-state index contributed by atoms with van der Waals surface area (Å²) in [7, 11) is 3.17. The molecule has 0 saturated carbocycles. The van der Waals surface area contributed by atoms with Crippen molar-refractivity contribution in [3.05, 3.63) is 46.8 Å². The predicted molar refractivity (Wildman–Crippen MR) is 109 cm³/mol. The van der Waals surface area contributed by atoms with Crippen molar-refractivity contribution in [2.24, 2.45) is 7.05 Å². The second-order valence-corrected chi connectivity index (χ2v) is 6.83. The molecule has 0 aliphatic rings. The van der Waals surface area contributed by atoms with Crippen molar-refractivity contribution in [1.82, 2.24) is 43.8 Å². The van der Waals surface area contributed by atoms with Crippen LogP contribution in [0.3, 0.4) is 0 Å². The Morgan fingerprint density at radius 1 is 1.19 bits per heavy atom. The number of anilines is 1. The van der Waals surface area contributed by atoms with Crippen LogP contribution < -0.4 is 16.7 Å². The summed E-state index contributed by atoms with van der Waals surface area (Å²) in [5.74, 6) is 0.626. The monoisotopic (exact) mass is 422 g/mol. The highest BCUT2D eigenvalue weighted by atomic mass is 16.3. The third-order valence-electron chi connectivity index (χ3n) is 4.97. The number of aryl methyl sites for hydroxylation is 3. The molecule has 0 aliphatic carbocycles. The molecule has 13 nitrogen and oxygen atoms in total. The molecule has 158 valence electrons. The number of furan rings is 1. The number of rotatable bonds is 5. The van der Waals surface area contributed by atoms with Crippen molar-refractivity contribution in [1.29, 1.82) is 0 Å². The summed E-state index contributed by atoms with van der Waals surface area (Å²) in [5.41, 5.74) is 7.40. The van der Waals surface area contributed by atoms with Crippen LogP contribution in [0.5, 0.6) is 0 Å². The van der Waals surface area contributed by atoms with E-state index < -0.39 is 0 Å². The maximum absolute atomic E-state index is 12.9. The molecule has 0 atom stereocenters. The van der Waals surface area contributed by atoms with Gasteiger partial charge in [-0.3, -0.25) is 18.6 Å². The Hall–Kier alpha value is -4.42. The van der Waals surface area contributed by atoms with Crippen molar-refractivity contribution in [3.8, 4) is 11.6 Å². The molecule has 5 heterocycles.